The van der Waals surface area contributed by atoms with Crippen molar-refractivity contribution < 1.29 is 14.3 Å². The van der Waals surface area contributed by atoms with Gasteiger partial charge in [-0.3, -0.25) is 9.36 Å². The van der Waals surface area contributed by atoms with Crippen molar-refractivity contribution in [1.82, 2.24) is 19.5 Å². The van der Waals surface area contributed by atoms with E-state index in [0.29, 0.717) is 34.4 Å². The maximum Gasteiger partial charge on any atom is 0.255 e. The summed E-state index contributed by atoms with van der Waals surface area (Å²) in [5.74, 6) is 3.01. The predicted octanol–water partition coefficient (Wildman–Crippen LogP) is 3.70. The lowest BCUT2D eigenvalue weighted by Crippen LogP contribution is -2.11. The number of hydrogen-bond acceptors (Lipinski definition) is 7. The van der Waals surface area contributed by atoms with E-state index in [1.807, 2.05) is 48.0 Å². The van der Waals surface area contributed by atoms with Gasteiger partial charge < -0.3 is 20.1 Å². The van der Waals surface area contributed by atoms with Gasteiger partial charge in [-0.25, -0.2) is 15.0 Å². The third-order valence-electron chi connectivity index (χ3n) is 4.64. The minimum Gasteiger partial charge on any atom is -0.454 e. The molecule has 0 saturated heterocycles. The molecule has 1 aliphatic heterocycles. The van der Waals surface area contributed by atoms with Crippen LogP contribution in [0.25, 0.3) is 5.82 Å². The van der Waals surface area contributed by atoms with Crippen LogP contribution in [0.3, 0.4) is 0 Å². The van der Waals surface area contributed by atoms with Gasteiger partial charge in [-0.1, -0.05) is 0 Å². The van der Waals surface area contributed by atoms with Crippen LogP contribution in [0.1, 0.15) is 16.2 Å². The molecule has 31 heavy (non-hydrogen) atoms. The summed E-state index contributed by atoms with van der Waals surface area (Å²) < 4.78 is 12.4. The van der Waals surface area contributed by atoms with Gasteiger partial charge in [0.15, 0.2) is 11.5 Å². The minimum atomic E-state index is -0.226. The van der Waals surface area contributed by atoms with Crippen molar-refractivity contribution in [1.29, 1.82) is 0 Å². The number of nitrogens with one attached hydrogen (secondary N) is 2. The molecule has 4 aromatic rings. The molecule has 0 spiro atoms. The highest BCUT2D eigenvalue weighted by molar-refractivity contribution is 6.04. The zero-order chi connectivity index (χ0) is 21.2. The van der Waals surface area contributed by atoms with Crippen molar-refractivity contribution in [3.63, 3.8) is 0 Å². The smallest absolute Gasteiger partial charge is 0.255 e. The van der Waals surface area contributed by atoms with E-state index in [1.54, 1.807) is 30.7 Å². The van der Waals surface area contributed by atoms with Gasteiger partial charge in [0.25, 0.3) is 5.91 Å². The Bertz CT molecular complexity index is 1240. The number of rotatable bonds is 5. The number of ether oxygens (including phenoxy) is 2. The van der Waals surface area contributed by atoms with Gasteiger partial charge >= 0.3 is 0 Å². The van der Waals surface area contributed by atoms with Gasteiger partial charge in [-0.2, -0.15) is 0 Å². The van der Waals surface area contributed by atoms with Gasteiger partial charge in [0, 0.05) is 35.4 Å². The van der Waals surface area contributed by atoms with Crippen LogP contribution in [0, 0.1) is 6.92 Å². The quantitative estimate of drug-likeness (QED) is 0.513. The van der Waals surface area contributed by atoms with E-state index in [2.05, 4.69) is 25.6 Å². The standard InChI is InChI=1S/C22H18N6O3/c1-14-24-20(11-21(25-14)28-9-8-23-12-28)26-16-3-5-17(6-4-16)27-22(29)15-2-7-18-19(10-15)31-13-30-18/h2-12H,13H2,1H3,(H,27,29)(H,24,25,26). The second kappa shape index (κ2) is 7.79. The average Bonchev–Trinajstić information content (AvgIpc) is 3.46. The molecule has 0 unspecified atom stereocenters. The summed E-state index contributed by atoms with van der Waals surface area (Å²) in [5, 5.41) is 6.14. The lowest BCUT2D eigenvalue weighted by atomic mass is 10.2. The number of anilines is 3. The van der Waals surface area contributed by atoms with Gasteiger partial charge in [0.05, 0.1) is 0 Å². The third-order valence-corrected chi connectivity index (χ3v) is 4.64. The van der Waals surface area contributed by atoms with Crippen LogP contribution in [0.15, 0.2) is 67.3 Å². The van der Waals surface area contributed by atoms with E-state index in [-0.39, 0.29) is 12.7 Å². The molecule has 3 heterocycles. The Balaban J connectivity index is 1.28. The molecule has 9 heteroatoms. The largest absolute Gasteiger partial charge is 0.454 e. The van der Waals surface area contributed by atoms with E-state index < -0.39 is 0 Å². The summed E-state index contributed by atoms with van der Waals surface area (Å²) in [4.78, 5) is 25.4. The van der Waals surface area contributed by atoms with E-state index in [0.717, 1.165) is 11.5 Å². The maximum atomic E-state index is 12.5. The molecule has 9 nitrogen and oxygen atoms in total. The predicted molar refractivity (Wildman–Crippen MR) is 114 cm³/mol. The van der Waals surface area contributed by atoms with Gasteiger partial charge in [0.2, 0.25) is 6.79 Å². The number of carbonyl (C=O) groups is 1. The number of imidazole rings is 1. The molecule has 2 aromatic heterocycles. The Hall–Kier alpha value is -4.40. The van der Waals surface area contributed by atoms with Crippen molar-refractivity contribution >= 4 is 23.1 Å². The number of fused-ring (bicyclic) bond motifs is 1. The molecular weight excluding hydrogens is 396 g/mol. The monoisotopic (exact) mass is 414 g/mol. The molecule has 0 aliphatic carbocycles. The van der Waals surface area contributed by atoms with Crippen LogP contribution in [0.5, 0.6) is 11.5 Å². The van der Waals surface area contributed by atoms with Gasteiger partial charge in [0.1, 0.15) is 23.8 Å². The van der Waals surface area contributed by atoms with Crippen LogP contribution < -0.4 is 20.1 Å². The first kappa shape index (κ1) is 18.6. The molecule has 0 saturated carbocycles. The zero-order valence-corrected chi connectivity index (χ0v) is 16.6. The Morgan fingerprint density at radius 1 is 1.00 bits per heavy atom. The molecule has 1 amide bonds. The molecule has 0 fully saturated rings. The highest BCUT2D eigenvalue weighted by Gasteiger charge is 2.16. The Kier molecular flexibility index (Phi) is 4.68. The highest BCUT2D eigenvalue weighted by Crippen LogP contribution is 2.32. The SMILES string of the molecule is Cc1nc(Nc2ccc(NC(=O)c3ccc4c(c3)OCO4)cc2)cc(-n2ccnc2)n1. The molecule has 2 aromatic carbocycles. The van der Waals surface area contributed by atoms with Crippen molar-refractivity contribution in [2.24, 2.45) is 0 Å². The number of carbonyl (C=O) groups excluding carboxylic acids is 1. The average molecular weight is 414 g/mol. The lowest BCUT2D eigenvalue weighted by Gasteiger charge is -2.10. The number of hydrogen-bond donors (Lipinski definition) is 2. The van der Waals surface area contributed by atoms with E-state index in [1.165, 1.54) is 0 Å². The molecular formula is C22H18N6O3. The summed E-state index contributed by atoms with van der Waals surface area (Å²) in [7, 11) is 0. The third kappa shape index (κ3) is 4.01. The van der Waals surface area contributed by atoms with Crippen molar-refractivity contribution in [2.75, 3.05) is 17.4 Å². The number of nitrogens with zero attached hydrogens (tertiary/aromatic N) is 4. The van der Waals surface area contributed by atoms with Gasteiger partial charge in [-0.05, 0) is 49.4 Å². The lowest BCUT2D eigenvalue weighted by molar-refractivity contribution is 0.102. The second-order valence-electron chi connectivity index (χ2n) is 6.85. The van der Waals surface area contributed by atoms with Crippen LogP contribution in [0.2, 0.25) is 0 Å². The number of benzene rings is 2. The summed E-state index contributed by atoms with van der Waals surface area (Å²) in [6.45, 7) is 2.00. The maximum absolute atomic E-state index is 12.5. The summed E-state index contributed by atoms with van der Waals surface area (Å²) in [6.07, 6.45) is 5.20. The van der Waals surface area contributed by atoms with Crippen molar-refractivity contribution in [2.45, 2.75) is 6.92 Å². The minimum absolute atomic E-state index is 0.171. The van der Waals surface area contributed by atoms with E-state index in [4.69, 9.17) is 9.47 Å². The molecule has 154 valence electrons. The number of aromatic nitrogens is 4. The summed E-state index contributed by atoms with van der Waals surface area (Å²) in [5.41, 5.74) is 2.00. The molecule has 0 bridgehead atoms. The fraction of sp³-hybridized carbons (Fsp3) is 0.0909. The second-order valence-corrected chi connectivity index (χ2v) is 6.85. The molecule has 1 aliphatic rings. The van der Waals surface area contributed by atoms with E-state index in [9.17, 15) is 4.79 Å². The Labute approximate surface area is 177 Å². The number of aryl methyl sites for hydroxylation is 1. The van der Waals surface area contributed by atoms with Gasteiger partial charge in [-0.15, -0.1) is 0 Å². The normalized spacial score (nSPS) is 11.9. The Morgan fingerprint density at radius 2 is 1.81 bits per heavy atom. The van der Waals surface area contributed by atoms with Crippen LogP contribution in [0.4, 0.5) is 17.2 Å². The molecule has 0 radical (unpaired) electrons. The fourth-order valence-corrected chi connectivity index (χ4v) is 3.17. The zero-order valence-electron chi connectivity index (χ0n) is 16.6. The van der Waals surface area contributed by atoms with Crippen LogP contribution in [-0.4, -0.2) is 32.2 Å². The fourth-order valence-electron chi connectivity index (χ4n) is 3.17. The van der Waals surface area contributed by atoms with Crippen LogP contribution in [-0.2, 0) is 0 Å². The first-order valence-electron chi connectivity index (χ1n) is 9.56. The first-order valence-corrected chi connectivity index (χ1v) is 9.56. The van der Waals surface area contributed by atoms with Crippen LogP contribution >= 0.6 is 0 Å². The summed E-state index contributed by atoms with van der Waals surface area (Å²) >= 11 is 0. The number of amides is 1. The molecule has 0 atom stereocenters. The van der Waals surface area contributed by atoms with Crippen molar-refractivity contribution in [3.8, 4) is 17.3 Å². The van der Waals surface area contributed by atoms with Crippen molar-refractivity contribution in [3.05, 3.63) is 78.6 Å². The molecule has 2 N–H and O–H groups in total. The molecule has 5 rings (SSSR count). The Morgan fingerprint density at radius 3 is 2.61 bits per heavy atom. The first-order chi connectivity index (χ1) is 15.1. The van der Waals surface area contributed by atoms with E-state index >= 15 is 0 Å². The topological polar surface area (TPSA) is 103 Å². The summed E-state index contributed by atoms with van der Waals surface area (Å²) in [6, 6.07) is 14.3. The highest BCUT2D eigenvalue weighted by atomic mass is 16.7.